The molecule has 0 spiro atoms. The third-order valence-electron chi connectivity index (χ3n) is 1.53. The molecule has 0 saturated carbocycles. The van der Waals surface area contributed by atoms with Gasteiger partial charge in [-0.05, 0) is 19.1 Å². The molecule has 0 aromatic heterocycles. The van der Waals surface area contributed by atoms with E-state index in [4.69, 9.17) is 16.8 Å². The van der Waals surface area contributed by atoms with E-state index in [1.54, 1.807) is 0 Å². The van der Waals surface area contributed by atoms with Crippen molar-refractivity contribution >= 4 is 38.4 Å². The molecule has 0 aromatic carbocycles. The molecule has 0 amide bonds. The monoisotopic (exact) mass is 296 g/mol. The maximum atomic E-state index is 10.3. The van der Waals surface area contributed by atoms with Crippen LogP contribution >= 0.6 is 24.0 Å². The summed E-state index contributed by atoms with van der Waals surface area (Å²) >= 11 is 6.39. The standard InChI is InChI=1S/C7H15NO3S3.K/c1-13-7(12)8-5-3-2-4-6-14(9,10)11;/h2-6H2,1H3,(H,8,12)(H,9,10,11);/q;+1. The first-order valence-corrected chi connectivity index (χ1v) is 7.47. The Labute approximate surface area is 144 Å². The summed E-state index contributed by atoms with van der Waals surface area (Å²) in [7, 11) is -3.78. The molecular formula is C7H15KNO3S3+. The first kappa shape index (κ1) is 19.1. The van der Waals surface area contributed by atoms with Crippen LogP contribution in [0, 0.1) is 0 Å². The van der Waals surface area contributed by atoms with Gasteiger partial charge in [-0.1, -0.05) is 18.6 Å². The van der Waals surface area contributed by atoms with Gasteiger partial charge in [0.05, 0.1) is 5.75 Å². The molecule has 4 nitrogen and oxygen atoms in total. The summed E-state index contributed by atoms with van der Waals surface area (Å²) in [5.41, 5.74) is 0. The van der Waals surface area contributed by atoms with E-state index in [1.165, 1.54) is 11.8 Å². The Morgan fingerprint density at radius 3 is 2.47 bits per heavy atom. The molecular weight excluding hydrogens is 281 g/mol. The summed E-state index contributed by atoms with van der Waals surface area (Å²) in [4.78, 5) is 0. The molecule has 0 bridgehead atoms. The fourth-order valence-electron chi connectivity index (χ4n) is 0.849. The molecule has 0 aliphatic carbocycles. The van der Waals surface area contributed by atoms with Crippen LogP contribution in [-0.4, -0.2) is 35.8 Å². The average Bonchev–Trinajstić information content (AvgIpc) is 2.08. The molecule has 2 N–H and O–H groups in total. The molecule has 0 aliphatic rings. The zero-order chi connectivity index (χ0) is 11.0. The van der Waals surface area contributed by atoms with Gasteiger partial charge in [0.25, 0.3) is 10.1 Å². The van der Waals surface area contributed by atoms with E-state index < -0.39 is 10.1 Å². The van der Waals surface area contributed by atoms with Crippen LogP contribution in [0.3, 0.4) is 0 Å². The Hall–Kier alpha value is 1.79. The van der Waals surface area contributed by atoms with Crippen molar-refractivity contribution in [2.24, 2.45) is 0 Å². The van der Waals surface area contributed by atoms with Gasteiger partial charge in [0.15, 0.2) is 0 Å². The Morgan fingerprint density at radius 1 is 1.40 bits per heavy atom. The first-order valence-electron chi connectivity index (χ1n) is 4.22. The third-order valence-corrected chi connectivity index (χ3v) is 3.50. The summed E-state index contributed by atoms with van der Waals surface area (Å²) in [5.74, 6) is -0.153. The second-order valence-electron chi connectivity index (χ2n) is 2.77. The van der Waals surface area contributed by atoms with E-state index in [0.29, 0.717) is 6.42 Å². The minimum absolute atomic E-state index is 0. The zero-order valence-corrected chi connectivity index (χ0v) is 14.6. The molecule has 0 saturated heterocycles. The van der Waals surface area contributed by atoms with Crippen LogP contribution in [0.15, 0.2) is 0 Å². The number of nitrogens with one attached hydrogen (secondary N) is 1. The number of hydrogen-bond donors (Lipinski definition) is 2. The second kappa shape index (κ2) is 10.9. The predicted octanol–water partition coefficient (Wildman–Crippen LogP) is -1.71. The van der Waals surface area contributed by atoms with Crippen LogP contribution in [0.2, 0.25) is 0 Å². The van der Waals surface area contributed by atoms with E-state index in [2.05, 4.69) is 5.32 Å². The van der Waals surface area contributed by atoms with Crippen LogP contribution < -0.4 is 56.7 Å². The van der Waals surface area contributed by atoms with Crippen LogP contribution in [0.25, 0.3) is 0 Å². The summed E-state index contributed by atoms with van der Waals surface area (Å²) in [6, 6.07) is 0. The van der Waals surface area contributed by atoms with Crippen LogP contribution in [0.4, 0.5) is 0 Å². The van der Waals surface area contributed by atoms with Gasteiger partial charge >= 0.3 is 51.4 Å². The van der Waals surface area contributed by atoms with Crippen LogP contribution in [0.5, 0.6) is 0 Å². The molecule has 0 radical (unpaired) electrons. The van der Waals surface area contributed by atoms with Crippen molar-refractivity contribution in [2.75, 3.05) is 18.6 Å². The van der Waals surface area contributed by atoms with Gasteiger partial charge in [0.2, 0.25) is 0 Å². The van der Waals surface area contributed by atoms with Crippen molar-refractivity contribution in [3.8, 4) is 0 Å². The summed E-state index contributed by atoms with van der Waals surface area (Å²) in [6.07, 6.45) is 4.01. The maximum Gasteiger partial charge on any atom is 1.00 e. The Balaban J connectivity index is 0. The summed E-state index contributed by atoms with van der Waals surface area (Å²) in [6.45, 7) is 0.755. The Bertz CT molecular complexity index is 269. The molecule has 0 heterocycles. The molecule has 0 fully saturated rings. The van der Waals surface area contributed by atoms with Crippen molar-refractivity contribution in [3.63, 3.8) is 0 Å². The first-order chi connectivity index (χ1) is 6.45. The molecule has 0 unspecified atom stereocenters. The van der Waals surface area contributed by atoms with E-state index in [1.807, 2.05) is 6.26 Å². The molecule has 0 aromatic rings. The molecule has 84 valence electrons. The van der Waals surface area contributed by atoms with Crippen molar-refractivity contribution in [1.29, 1.82) is 0 Å². The van der Waals surface area contributed by atoms with Crippen LogP contribution in [-0.2, 0) is 10.1 Å². The number of thioether (sulfide) groups is 1. The number of unbranched alkanes of at least 4 members (excludes halogenated alkanes) is 2. The second-order valence-corrected chi connectivity index (χ2v) is 5.82. The fraction of sp³-hybridized carbons (Fsp3) is 0.857. The largest absolute Gasteiger partial charge is 1.00 e. The van der Waals surface area contributed by atoms with Gasteiger partial charge in [-0.3, -0.25) is 4.55 Å². The average molecular weight is 296 g/mol. The van der Waals surface area contributed by atoms with E-state index in [-0.39, 0.29) is 57.1 Å². The van der Waals surface area contributed by atoms with Gasteiger partial charge in [-0.15, -0.1) is 11.8 Å². The predicted molar refractivity (Wildman–Crippen MR) is 64.4 cm³/mol. The van der Waals surface area contributed by atoms with E-state index in [9.17, 15) is 8.42 Å². The number of hydrogen-bond acceptors (Lipinski definition) is 4. The van der Waals surface area contributed by atoms with Crippen molar-refractivity contribution < 1.29 is 64.4 Å². The molecule has 0 aliphatic heterocycles. The minimum Gasteiger partial charge on any atom is -0.371 e. The summed E-state index contributed by atoms with van der Waals surface area (Å²) in [5, 5.41) is 3.01. The molecule has 0 atom stereocenters. The Kier molecular flexibility index (Phi) is 13.9. The minimum atomic E-state index is -3.78. The number of rotatable bonds is 6. The van der Waals surface area contributed by atoms with Gasteiger partial charge in [-0.2, -0.15) is 8.42 Å². The van der Waals surface area contributed by atoms with Crippen LogP contribution in [0.1, 0.15) is 19.3 Å². The van der Waals surface area contributed by atoms with Gasteiger partial charge < -0.3 is 5.32 Å². The van der Waals surface area contributed by atoms with Crippen molar-refractivity contribution in [1.82, 2.24) is 5.32 Å². The van der Waals surface area contributed by atoms with E-state index >= 15 is 0 Å². The van der Waals surface area contributed by atoms with Gasteiger partial charge in [0, 0.05) is 6.54 Å². The van der Waals surface area contributed by atoms with Gasteiger partial charge in [0.1, 0.15) is 4.32 Å². The smallest absolute Gasteiger partial charge is 0.371 e. The van der Waals surface area contributed by atoms with Crippen molar-refractivity contribution in [3.05, 3.63) is 0 Å². The maximum absolute atomic E-state index is 10.3. The SMILES string of the molecule is CSC(=S)NCCCCCS(=O)(=O)O.[K+]. The normalized spacial score (nSPS) is 10.5. The van der Waals surface area contributed by atoms with Crippen molar-refractivity contribution in [2.45, 2.75) is 19.3 Å². The third kappa shape index (κ3) is 15.8. The quantitative estimate of drug-likeness (QED) is 0.263. The molecule has 0 rings (SSSR count). The molecule has 8 heteroatoms. The topological polar surface area (TPSA) is 66.4 Å². The zero-order valence-electron chi connectivity index (χ0n) is 9.02. The van der Waals surface area contributed by atoms with Gasteiger partial charge in [-0.25, -0.2) is 0 Å². The number of thiocarbonyl (C=S) groups is 1. The van der Waals surface area contributed by atoms with E-state index in [0.717, 1.165) is 23.7 Å². The molecule has 15 heavy (non-hydrogen) atoms. The fourth-order valence-corrected chi connectivity index (χ4v) is 1.77. The Morgan fingerprint density at radius 2 is 2.00 bits per heavy atom. The summed E-state index contributed by atoms with van der Waals surface area (Å²) < 4.78 is 29.9.